The van der Waals surface area contributed by atoms with Crippen LogP contribution < -0.4 is 10.1 Å². The van der Waals surface area contributed by atoms with Crippen LogP contribution in [0.4, 0.5) is 5.69 Å². The van der Waals surface area contributed by atoms with Gasteiger partial charge in [0.1, 0.15) is 5.75 Å². The van der Waals surface area contributed by atoms with Gasteiger partial charge < -0.3 is 14.8 Å². The molecule has 2 fully saturated rings. The van der Waals surface area contributed by atoms with E-state index in [9.17, 15) is 19.2 Å². The highest BCUT2D eigenvalue weighted by Crippen LogP contribution is 2.37. The zero-order chi connectivity index (χ0) is 20.1. The number of benzene rings is 1. The summed E-state index contributed by atoms with van der Waals surface area (Å²) in [6, 6.07) is 6.80. The van der Waals surface area contributed by atoms with Crippen molar-refractivity contribution in [2.24, 2.45) is 11.8 Å². The quantitative estimate of drug-likeness (QED) is 0.564. The van der Waals surface area contributed by atoms with Crippen LogP contribution >= 0.6 is 0 Å². The van der Waals surface area contributed by atoms with E-state index < -0.39 is 18.5 Å². The number of imide groups is 1. The molecule has 0 aromatic heterocycles. The van der Waals surface area contributed by atoms with Crippen molar-refractivity contribution in [3.8, 4) is 5.75 Å². The van der Waals surface area contributed by atoms with Gasteiger partial charge in [-0.05, 0) is 25.0 Å². The van der Waals surface area contributed by atoms with E-state index in [1.165, 1.54) is 12.0 Å². The van der Waals surface area contributed by atoms with E-state index in [0.29, 0.717) is 11.4 Å². The molecule has 8 heteroatoms. The lowest BCUT2D eigenvalue weighted by molar-refractivity contribution is -0.148. The molecule has 28 heavy (non-hydrogen) atoms. The van der Waals surface area contributed by atoms with E-state index in [2.05, 4.69) is 5.32 Å². The summed E-state index contributed by atoms with van der Waals surface area (Å²) in [7, 11) is 1.52. The van der Waals surface area contributed by atoms with Crippen LogP contribution in [0, 0.1) is 11.8 Å². The Hall–Kier alpha value is -2.90. The second kappa shape index (κ2) is 8.86. The molecule has 1 saturated carbocycles. The smallest absolute Gasteiger partial charge is 0.308 e. The fourth-order valence-electron chi connectivity index (χ4n) is 3.77. The standard InChI is InChI=1S/C20H24N2O6/c1-27-14-6-4-5-13(11-14)21-17(23)12-28-18(24)9-10-22-19(25)15-7-2-3-8-16(15)20(22)26/h4-6,11,15-16H,2-3,7-10,12H2,1H3,(H,21,23)/t15-,16-/m0/s1. The molecule has 3 amide bonds. The van der Waals surface area contributed by atoms with Crippen LogP contribution in [0.1, 0.15) is 32.1 Å². The van der Waals surface area contributed by atoms with E-state index in [4.69, 9.17) is 9.47 Å². The highest BCUT2D eigenvalue weighted by Gasteiger charge is 2.47. The van der Waals surface area contributed by atoms with Crippen molar-refractivity contribution in [2.45, 2.75) is 32.1 Å². The molecule has 1 N–H and O–H groups in total. The second-order valence-corrected chi connectivity index (χ2v) is 7.02. The molecule has 1 saturated heterocycles. The molecule has 0 unspecified atom stereocenters. The molecular formula is C20H24N2O6. The number of likely N-dealkylation sites (tertiary alicyclic amines) is 1. The predicted molar refractivity (Wildman–Crippen MR) is 99.4 cm³/mol. The Kier molecular flexibility index (Phi) is 6.28. The van der Waals surface area contributed by atoms with Crippen molar-refractivity contribution in [2.75, 3.05) is 25.6 Å². The fraction of sp³-hybridized carbons (Fsp3) is 0.500. The molecule has 2 aliphatic rings. The molecule has 0 radical (unpaired) electrons. The number of fused-ring (bicyclic) bond motifs is 1. The first-order chi connectivity index (χ1) is 13.5. The monoisotopic (exact) mass is 388 g/mol. The van der Waals surface area contributed by atoms with Gasteiger partial charge in [-0.25, -0.2) is 0 Å². The normalized spacial score (nSPS) is 21.2. The average Bonchev–Trinajstić information content (AvgIpc) is 2.95. The highest BCUT2D eigenvalue weighted by molar-refractivity contribution is 6.05. The van der Waals surface area contributed by atoms with Gasteiger partial charge in [-0.3, -0.25) is 24.1 Å². The summed E-state index contributed by atoms with van der Waals surface area (Å²) >= 11 is 0. The first kappa shape index (κ1) is 19.9. The SMILES string of the molecule is COc1cccc(NC(=O)COC(=O)CCN2C(=O)[C@H]3CCCC[C@@H]3C2=O)c1. The molecule has 150 valence electrons. The number of amides is 3. The van der Waals surface area contributed by atoms with Gasteiger partial charge in [0.25, 0.3) is 5.91 Å². The van der Waals surface area contributed by atoms with E-state index in [-0.39, 0.29) is 36.6 Å². The van der Waals surface area contributed by atoms with Gasteiger partial charge in [-0.2, -0.15) is 0 Å². The van der Waals surface area contributed by atoms with Crippen molar-refractivity contribution >= 4 is 29.4 Å². The van der Waals surface area contributed by atoms with Crippen molar-refractivity contribution in [1.82, 2.24) is 4.90 Å². The third-order valence-corrected chi connectivity index (χ3v) is 5.19. The van der Waals surface area contributed by atoms with Crippen molar-refractivity contribution in [3.05, 3.63) is 24.3 Å². The van der Waals surface area contributed by atoms with E-state index in [1.54, 1.807) is 24.3 Å². The molecular weight excluding hydrogens is 364 g/mol. The molecule has 0 bridgehead atoms. The number of ether oxygens (including phenoxy) is 2. The van der Waals surface area contributed by atoms with Gasteiger partial charge in [-0.15, -0.1) is 0 Å². The van der Waals surface area contributed by atoms with Gasteiger partial charge >= 0.3 is 5.97 Å². The predicted octanol–water partition coefficient (Wildman–Crippen LogP) is 1.74. The number of hydrogen-bond donors (Lipinski definition) is 1. The van der Waals surface area contributed by atoms with Crippen LogP contribution in [0.3, 0.4) is 0 Å². The van der Waals surface area contributed by atoms with Gasteiger partial charge in [0.2, 0.25) is 11.8 Å². The van der Waals surface area contributed by atoms with E-state index in [0.717, 1.165) is 25.7 Å². The maximum absolute atomic E-state index is 12.4. The molecule has 8 nitrogen and oxygen atoms in total. The molecule has 3 rings (SSSR count). The van der Waals surface area contributed by atoms with E-state index in [1.807, 2.05) is 0 Å². The third-order valence-electron chi connectivity index (χ3n) is 5.19. The first-order valence-electron chi connectivity index (χ1n) is 9.44. The molecule has 1 aliphatic carbocycles. The maximum atomic E-state index is 12.4. The Labute approximate surface area is 163 Å². The zero-order valence-electron chi connectivity index (χ0n) is 15.8. The van der Waals surface area contributed by atoms with Gasteiger partial charge in [0.15, 0.2) is 6.61 Å². The van der Waals surface area contributed by atoms with Crippen molar-refractivity contribution < 1.29 is 28.7 Å². The van der Waals surface area contributed by atoms with Crippen LogP contribution in [0.5, 0.6) is 5.75 Å². The Balaban J connectivity index is 1.42. The van der Waals surface area contributed by atoms with Crippen molar-refractivity contribution in [1.29, 1.82) is 0 Å². The van der Waals surface area contributed by atoms with Gasteiger partial charge in [0.05, 0.1) is 25.4 Å². The maximum Gasteiger partial charge on any atom is 0.308 e. The van der Waals surface area contributed by atoms with E-state index >= 15 is 0 Å². The lowest BCUT2D eigenvalue weighted by atomic mass is 9.81. The van der Waals surface area contributed by atoms with Crippen LogP contribution in [-0.4, -0.2) is 48.9 Å². The summed E-state index contributed by atoms with van der Waals surface area (Å²) in [6.45, 7) is -0.440. The summed E-state index contributed by atoms with van der Waals surface area (Å²) in [4.78, 5) is 49.7. The number of esters is 1. The number of rotatable bonds is 7. The summed E-state index contributed by atoms with van der Waals surface area (Å²) in [5.74, 6) is -1.35. The van der Waals surface area contributed by atoms with Gasteiger partial charge in [-0.1, -0.05) is 18.9 Å². The lowest BCUT2D eigenvalue weighted by Crippen LogP contribution is -2.33. The number of nitrogens with zero attached hydrogens (tertiary/aromatic N) is 1. The first-order valence-corrected chi connectivity index (χ1v) is 9.44. The summed E-state index contributed by atoms with van der Waals surface area (Å²) in [5, 5.41) is 2.60. The third kappa shape index (κ3) is 4.49. The largest absolute Gasteiger partial charge is 0.497 e. The zero-order valence-corrected chi connectivity index (χ0v) is 15.8. The Bertz CT molecular complexity index is 754. The Morgan fingerprint density at radius 2 is 1.82 bits per heavy atom. The average molecular weight is 388 g/mol. The number of anilines is 1. The van der Waals surface area contributed by atoms with Crippen LogP contribution in [0.15, 0.2) is 24.3 Å². The number of carbonyl (C=O) groups excluding carboxylic acids is 4. The molecule has 1 aromatic carbocycles. The van der Waals surface area contributed by atoms with Gasteiger partial charge in [0, 0.05) is 18.3 Å². The second-order valence-electron chi connectivity index (χ2n) is 7.02. The Morgan fingerprint density at radius 1 is 1.14 bits per heavy atom. The molecule has 1 aromatic rings. The van der Waals surface area contributed by atoms with Crippen LogP contribution in [0.25, 0.3) is 0 Å². The fourth-order valence-corrected chi connectivity index (χ4v) is 3.77. The lowest BCUT2D eigenvalue weighted by Gasteiger charge is -2.19. The summed E-state index contributed by atoms with van der Waals surface area (Å²) in [6.07, 6.45) is 3.27. The molecule has 2 atom stereocenters. The minimum Gasteiger partial charge on any atom is -0.497 e. The number of methoxy groups -OCH3 is 1. The number of carbonyl (C=O) groups is 4. The number of nitrogens with one attached hydrogen (secondary N) is 1. The summed E-state index contributed by atoms with van der Waals surface area (Å²) < 4.78 is 10.0. The minimum absolute atomic E-state index is 0.000995. The summed E-state index contributed by atoms with van der Waals surface area (Å²) in [5.41, 5.74) is 0.524. The topological polar surface area (TPSA) is 102 Å². The molecule has 0 spiro atoms. The number of hydrogen-bond acceptors (Lipinski definition) is 6. The highest BCUT2D eigenvalue weighted by atomic mass is 16.5. The van der Waals surface area contributed by atoms with Crippen LogP contribution in [0.2, 0.25) is 0 Å². The molecule has 1 heterocycles. The minimum atomic E-state index is -0.628. The Morgan fingerprint density at radius 3 is 2.46 bits per heavy atom. The molecule has 1 aliphatic heterocycles. The van der Waals surface area contributed by atoms with Crippen LogP contribution in [-0.2, 0) is 23.9 Å². The van der Waals surface area contributed by atoms with Crippen molar-refractivity contribution in [3.63, 3.8) is 0 Å².